The molecule has 1 heterocycles. The molecule has 0 radical (unpaired) electrons. The minimum Gasteiger partial charge on any atom is -0.293 e. The van der Waals surface area contributed by atoms with Crippen molar-refractivity contribution >= 4 is 33.5 Å². The maximum atomic E-state index is 12.2. The fraction of sp³-hybridized carbons (Fsp3) is 0.278. The minimum atomic E-state index is 0.0300. The van der Waals surface area contributed by atoms with Crippen LogP contribution < -0.4 is 0 Å². The molecule has 1 aromatic heterocycles. The van der Waals surface area contributed by atoms with Gasteiger partial charge in [0.25, 0.3) is 0 Å². The molecule has 0 amide bonds. The average Bonchev–Trinajstić information content (AvgIpc) is 2.53. The third kappa shape index (κ3) is 5.19. The number of hydrogen-bond acceptors (Lipinski definition) is 4. The zero-order valence-corrected chi connectivity index (χ0v) is 15.4. The standard InChI is InChI=1S/C18H17BrN2OS/c1-12(2)9-16-8-5-14(10-20)18(21-16)23-11-17(22)13-3-6-15(19)7-4-13/h3-8,12H,9,11H2,1-2H3. The molecule has 0 fully saturated rings. The summed E-state index contributed by atoms with van der Waals surface area (Å²) in [6.45, 7) is 4.26. The van der Waals surface area contributed by atoms with Gasteiger partial charge in [0.15, 0.2) is 5.78 Å². The van der Waals surface area contributed by atoms with E-state index in [1.165, 1.54) is 11.8 Å². The van der Waals surface area contributed by atoms with Crippen LogP contribution in [0.15, 0.2) is 45.9 Å². The predicted molar refractivity (Wildman–Crippen MR) is 96.7 cm³/mol. The van der Waals surface area contributed by atoms with E-state index >= 15 is 0 Å². The first-order chi connectivity index (χ1) is 11.0. The summed E-state index contributed by atoms with van der Waals surface area (Å²) < 4.78 is 0.941. The summed E-state index contributed by atoms with van der Waals surface area (Å²) in [5.41, 5.74) is 2.14. The number of carbonyl (C=O) groups excluding carboxylic acids is 1. The number of hydrogen-bond donors (Lipinski definition) is 0. The van der Waals surface area contributed by atoms with Crippen LogP contribution in [0.25, 0.3) is 0 Å². The van der Waals surface area contributed by atoms with Crippen LogP contribution in [0.2, 0.25) is 0 Å². The molecule has 0 unspecified atom stereocenters. The van der Waals surface area contributed by atoms with Gasteiger partial charge in [0.2, 0.25) is 0 Å². The van der Waals surface area contributed by atoms with Crippen molar-refractivity contribution in [2.45, 2.75) is 25.3 Å². The fourth-order valence-electron chi connectivity index (χ4n) is 2.06. The monoisotopic (exact) mass is 388 g/mol. The Morgan fingerprint density at radius 3 is 2.57 bits per heavy atom. The fourth-order valence-corrected chi connectivity index (χ4v) is 3.21. The molecule has 118 valence electrons. The lowest BCUT2D eigenvalue weighted by Crippen LogP contribution is -2.04. The number of Topliss-reactive ketones (excluding diaryl/α,β-unsaturated/α-hetero) is 1. The van der Waals surface area contributed by atoms with E-state index in [0.717, 1.165) is 16.6 Å². The van der Waals surface area contributed by atoms with Crippen LogP contribution in [0, 0.1) is 17.2 Å². The first-order valence-electron chi connectivity index (χ1n) is 7.31. The second kappa shape index (κ2) is 8.28. The van der Waals surface area contributed by atoms with Gasteiger partial charge in [0.1, 0.15) is 11.1 Å². The smallest absolute Gasteiger partial charge is 0.173 e. The molecule has 1 aromatic carbocycles. The summed E-state index contributed by atoms with van der Waals surface area (Å²) in [7, 11) is 0. The molecule has 3 nitrogen and oxygen atoms in total. The zero-order valence-electron chi connectivity index (χ0n) is 13.0. The van der Waals surface area contributed by atoms with Gasteiger partial charge in [0, 0.05) is 15.7 Å². The summed E-state index contributed by atoms with van der Waals surface area (Å²) in [6.07, 6.45) is 0.861. The van der Waals surface area contributed by atoms with Crippen molar-refractivity contribution in [3.8, 4) is 6.07 Å². The van der Waals surface area contributed by atoms with Crippen LogP contribution in [0.3, 0.4) is 0 Å². The van der Waals surface area contributed by atoms with Crippen LogP contribution in [0.1, 0.15) is 35.5 Å². The van der Waals surface area contributed by atoms with Crippen molar-refractivity contribution in [3.05, 3.63) is 57.7 Å². The normalized spacial score (nSPS) is 10.6. The summed E-state index contributed by atoms with van der Waals surface area (Å²) in [5, 5.41) is 9.85. The Morgan fingerprint density at radius 2 is 1.96 bits per heavy atom. The Balaban J connectivity index is 2.11. The number of aromatic nitrogens is 1. The number of thioether (sulfide) groups is 1. The van der Waals surface area contributed by atoms with Crippen LogP contribution in [0.4, 0.5) is 0 Å². The molecule has 0 spiro atoms. The molecule has 0 N–H and O–H groups in total. The molecule has 2 aromatic rings. The number of benzene rings is 1. The molecular weight excluding hydrogens is 372 g/mol. The zero-order chi connectivity index (χ0) is 16.8. The molecule has 0 aliphatic heterocycles. The number of nitriles is 1. The van der Waals surface area contributed by atoms with Crippen LogP contribution in [-0.4, -0.2) is 16.5 Å². The van der Waals surface area contributed by atoms with E-state index in [9.17, 15) is 10.1 Å². The quantitative estimate of drug-likeness (QED) is 0.522. The predicted octanol–water partition coefficient (Wildman–Crippen LogP) is 4.89. The minimum absolute atomic E-state index is 0.0300. The highest BCUT2D eigenvalue weighted by Crippen LogP contribution is 2.23. The molecule has 0 saturated heterocycles. The Morgan fingerprint density at radius 1 is 1.26 bits per heavy atom. The number of nitrogens with zero attached hydrogens (tertiary/aromatic N) is 2. The van der Waals surface area contributed by atoms with E-state index in [0.29, 0.717) is 22.1 Å². The van der Waals surface area contributed by atoms with Crippen LogP contribution in [0.5, 0.6) is 0 Å². The number of ketones is 1. The van der Waals surface area contributed by atoms with Gasteiger partial charge in [-0.05, 0) is 36.6 Å². The van der Waals surface area contributed by atoms with E-state index in [1.54, 1.807) is 18.2 Å². The number of carbonyl (C=O) groups is 1. The van der Waals surface area contributed by atoms with E-state index in [1.807, 2.05) is 18.2 Å². The number of halogens is 1. The number of rotatable bonds is 6. The lowest BCUT2D eigenvalue weighted by molar-refractivity contribution is 0.102. The van der Waals surface area contributed by atoms with E-state index in [2.05, 4.69) is 40.8 Å². The molecule has 0 saturated carbocycles. The molecule has 5 heteroatoms. The largest absolute Gasteiger partial charge is 0.293 e. The Kier molecular flexibility index (Phi) is 6.37. The van der Waals surface area contributed by atoms with Gasteiger partial charge in [0.05, 0.1) is 11.3 Å². The SMILES string of the molecule is CC(C)Cc1ccc(C#N)c(SCC(=O)c2ccc(Br)cc2)n1. The van der Waals surface area contributed by atoms with Crippen molar-refractivity contribution in [1.29, 1.82) is 5.26 Å². The van der Waals surface area contributed by atoms with Gasteiger partial charge in [-0.1, -0.05) is 53.7 Å². The van der Waals surface area contributed by atoms with E-state index in [-0.39, 0.29) is 11.5 Å². The molecule has 0 aliphatic rings. The maximum absolute atomic E-state index is 12.2. The van der Waals surface area contributed by atoms with Gasteiger partial charge in [-0.15, -0.1) is 0 Å². The Hall–Kier alpha value is -1.64. The topological polar surface area (TPSA) is 53.8 Å². The highest BCUT2D eigenvalue weighted by molar-refractivity contribution is 9.10. The second-order valence-electron chi connectivity index (χ2n) is 5.58. The lowest BCUT2D eigenvalue weighted by Gasteiger charge is -2.08. The Bertz CT molecular complexity index is 736. The van der Waals surface area contributed by atoms with Gasteiger partial charge < -0.3 is 0 Å². The highest BCUT2D eigenvalue weighted by Gasteiger charge is 2.11. The Labute approximate surface area is 149 Å². The van der Waals surface area contributed by atoms with Crippen molar-refractivity contribution in [2.24, 2.45) is 5.92 Å². The third-order valence-electron chi connectivity index (χ3n) is 3.16. The summed E-state index contributed by atoms with van der Waals surface area (Å²) in [6, 6.07) is 13.1. The van der Waals surface area contributed by atoms with E-state index < -0.39 is 0 Å². The van der Waals surface area contributed by atoms with Gasteiger partial charge >= 0.3 is 0 Å². The highest BCUT2D eigenvalue weighted by atomic mass is 79.9. The first-order valence-corrected chi connectivity index (χ1v) is 9.09. The lowest BCUT2D eigenvalue weighted by atomic mass is 10.1. The van der Waals surface area contributed by atoms with Crippen molar-refractivity contribution < 1.29 is 4.79 Å². The van der Waals surface area contributed by atoms with Gasteiger partial charge in [-0.3, -0.25) is 4.79 Å². The molecule has 2 rings (SSSR count). The summed E-state index contributed by atoms with van der Waals surface area (Å²) in [4.78, 5) is 16.8. The van der Waals surface area contributed by atoms with Gasteiger partial charge in [-0.2, -0.15) is 5.26 Å². The molecule has 0 bridgehead atoms. The number of pyridine rings is 1. The molecule has 0 aliphatic carbocycles. The van der Waals surface area contributed by atoms with Crippen molar-refractivity contribution in [3.63, 3.8) is 0 Å². The van der Waals surface area contributed by atoms with Gasteiger partial charge in [-0.25, -0.2) is 4.98 Å². The van der Waals surface area contributed by atoms with Crippen molar-refractivity contribution in [1.82, 2.24) is 4.98 Å². The van der Waals surface area contributed by atoms with E-state index in [4.69, 9.17) is 0 Å². The molecular formula is C18H17BrN2OS. The molecule has 23 heavy (non-hydrogen) atoms. The van der Waals surface area contributed by atoms with Crippen LogP contribution >= 0.6 is 27.7 Å². The second-order valence-corrected chi connectivity index (χ2v) is 7.46. The summed E-state index contributed by atoms with van der Waals surface area (Å²) in [5.74, 6) is 0.800. The average molecular weight is 389 g/mol. The van der Waals surface area contributed by atoms with Crippen LogP contribution in [-0.2, 0) is 6.42 Å². The summed E-state index contributed by atoms with van der Waals surface area (Å²) >= 11 is 4.68. The third-order valence-corrected chi connectivity index (χ3v) is 4.68. The maximum Gasteiger partial charge on any atom is 0.173 e. The first kappa shape index (κ1) is 17.7. The van der Waals surface area contributed by atoms with Crippen molar-refractivity contribution in [2.75, 3.05) is 5.75 Å². The molecule has 0 atom stereocenters.